The zero-order valence-electron chi connectivity index (χ0n) is 8.04. The molecule has 84 valence electrons. The number of aliphatic hydroxyl groups excluding tert-OH is 1. The summed E-state index contributed by atoms with van der Waals surface area (Å²) in [5, 5.41) is 8.72. The van der Waals surface area contributed by atoms with Crippen LogP contribution in [0.25, 0.3) is 0 Å². The highest BCUT2D eigenvalue weighted by Crippen LogP contribution is 2.23. The predicted molar refractivity (Wildman–Crippen MR) is 60.7 cm³/mol. The Morgan fingerprint density at radius 1 is 1.60 bits per heavy atom. The summed E-state index contributed by atoms with van der Waals surface area (Å²) in [4.78, 5) is 15.3. The van der Waals surface area contributed by atoms with E-state index in [1.54, 1.807) is 4.57 Å². The molecule has 1 aromatic rings. The molecule has 1 N–H and O–H groups in total. The SMILES string of the molecule is COC(=O)c1nc(Br)n(CCCO)c1Br. The quantitative estimate of drug-likeness (QED) is 0.844. The number of halogens is 2. The van der Waals surface area contributed by atoms with Crippen LogP contribution in [0, 0.1) is 0 Å². The lowest BCUT2D eigenvalue weighted by molar-refractivity contribution is 0.0593. The molecule has 15 heavy (non-hydrogen) atoms. The summed E-state index contributed by atoms with van der Waals surface area (Å²) in [7, 11) is 1.30. The minimum absolute atomic E-state index is 0.0879. The number of methoxy groups -OCH3 is 1. The van der Waals surface area contributed by atoms with Gasteiger partial charge in [0.25, 0.3) is 0 Å². The highest BCUT2D eigenvalue weighted by molar-refractivity contribution is 9.11. The van der Waals surface area contributed by atoms with Crippen LogP contribution in [-0.2, 0) is 11.3 Å². The van der Waals surface area contributed by atoms with E-state index >= 15 is 0 Å². The van der Waals surface area contributed by atoms with Crippen molar-refractivity contribution < 1.29 is 14.6 Å². The maximum atomic E-state index is 11.3. The van der Waals surface area contributed by atoms with Gasteiger partial charge in [0.2, 0.25) is 0 Å². The van der Waals surface area contributed by atoms with Gasteiger partial charge in [-0.05, 0) is 38.3 Å². The molecule has 0 bridgehead atoms. The highest BCUT2D eigenvalue weighted by atomic mass is 79.9. The molecule has 7 heteroatoms. The van der Waals surface area contributed by atoms with Gasteiger partial charge in [0.15, 0.2) is 10.4 Å². The number of carbonyl (C=O) groups is 1. The van der Waals surface area contributed by atoms with Crippen LogP contribution >= 0.6 is 31.9 Å². The second kappa shape index (κ2) is 5.62. The van der Waals surface area contributed by atoms with Crippen molar-refractivity contribution in [2.24, 2.45) is 0 Å². The van der Waals surface area contributed by atoms with E-state index in [1.165, 1.54) is 7.11 Å². The Balaban J connectivity index is 2.98. The molecule has 0 radical (unpaired) electrons. The van der Waals surface area contributed by atoms with Crippen molar-refractivity contribution >= 4 is 37.8 Å². The molecule has 0 saturated heterocycles. The van der Waals surface area contributed by atoms with E-state index in [-0.39, 0.29) is 12.3 Å². The van der Waals surface area contributed by atoms with Gasteiger partial charge in [0, 0.05) is 13.2 Å². The first-order chi connectivity index (χ1) is 7.11. The van der Waals surface area contributed by atoms with Crippen molar-refractivity contribution in [2.45, 2.75) is 13.0 Å². The molecule has 0 aromatic carbocycles. The molecular weight excluding hydrogens is 332 g/mol. The maximum absolute atomic E-state index is 11.3. The van der Waals surface area contributed by atoms with Crippen molar-refractivity contribution in [3.63, 3.8) is 0 Å². The van der Waals surface area contributed by atoms with E-state index in [0.29, 0.717) is 22.3 Å². The van der Waals surface area contributed by atoms with Crippen LogP contribution in [0.4, 0.5) is 0 Å². The summed E-state index contributed by atoms with van der Waals surface area (Å²) in [6, 6.07) is 0. The average molecular weight is 342 g/mol. The molecular formula is C8H10Br2N2O3. The van der Waals surface area contributed by atoms with E-state index in [9.17, 15) is 4.79 Å². The van der Waals surface area contributed by atoms with Gasteiger partial charge in [-0.25, -0.2) is 9.78 Å². The Morgan fingerprint density at radius 2 is 2.27 bits per heavy atom. The van der Waals surface area contributed by atoms with Gasteiger partial charge >= 0.3 is 5.97 Å². The third-order valence-electron chi connectivity index (χ3n) is 1.78. The van der Waals surface area contributed by atoms with Crippen LogP contribution in [0.2, 0.25) is 0 Å². The third kappa shape index (κ3) is 2.79. The number of hydrogen-bond acceptors (Lipinski definition) is 4. The summed E-state index contributed by atoms with van der Waals surface area (Å²) in [6.45, 7) is 0.659. The molecule has 0 aliphatic carbocycles. The number of aliphatic hydroxyl groups is 1. The summed E-state index contributed by atoms with van der Waals surface area (Å²) in [5.41, 5.74) is 0.224. The van der Waals surface area contributed by atoms with Gasteiger partial charge in [-0.15, -0.1) is 0 Å². The molecule has 0 unspecified atom stereocenters. The number of imidazole rings is 1. The fourth-order valence-corrected chi connectivity index (χ4v) is 2.42. The standard InChI is InChI=1S/C8H10Br2N2O3/c1-15-7(14)5-6(9)12(3-2-4-13)8(10)11-5/h13H,2-4H2,1H3. The van der Waals surface area contributed by atoms with Crippen LogP contribution in [0.5, 0.6) is 0 Å². The van der Waals surface area contributed by atoms with Crippen LogP contribution in [-0.4, -0.2) is 34.3 Å². The number of esters is 1. The zero-order valence-corrected chi connectivity index (χ0v) is 11.2. The number of rotatable bonds is 4. The lowest BCUT2D eigenvalue weighted by atomic mass is 10.4. The number of carbonyl (C=O) groups excluding carboxylic acids is 1. The molecule has 0 aliphatic rings. The van der Waals surface area contributed by atoms with Crippen molar-refractivity contribution in [2.75, 3.05) is 13.7 Å². The molecule has 1 rings (SSSR count). The smallest absolute Gasteiger partial charge is 0.359 e. The van der Waals surface area contributed by atoms with E-state index in [2.05, 4.69) is 41.6 Å². The normalized spacial score (nSPS) is 10.4. The number of nitrogens with zero attached hydrogens (tertiary/aromatic N) is 2. The summed E-state index contributed by atoms with van der Waals surface area (Å²) < 4.78 is 7.39. The molecule has 0 amide bonds. The molecule has 1 aromatic heterocycles. The fourth-order valence-electron chi connectivity index (χ4n) is 1.05. The van der Waals surface area contributed by atoms with Crippen molar-refractivity contribution in [3.05, 3.63) is 15.0 Å². The molecule has 0 saturated carbocycles. The predicted octanol–water partition coefficient (Wildman–Crippen LogP) is 1.58. The highest BCUT2D eigenvalue weighted by Gasteiger charge is 2.19. The van der Waals surface area contributed by atoms with Crippen molar-refractivity contribution in [1.82, 2.24) is 9.55 Å². The van der Waals surface area contributed by atoms with Crippen LogP contribution in [0.15, 0.2) is 9.34 Å². The topological polar surface area (TPSA) is 64.3 Å². The third-order valence-corrected chi connectivity index (χ3v) is 3.19. The Labute approximate surface area is 104 Å². The van der Waals surface area contributed by atoms with Crippen LogP contribution in [0.1, 0.15) is 16.9 Å². The van der Waals surface area contributed by atoms with E-state index in [1.807, 2.05) is 0 Å². The first-order valence-electron chi connectivity index (χ1n) is 4.22. The van der Waals surface area contributed by atoms with Gasteiger partial charge in [-0.3, -0.25) is 0 Å². The fraction of sp³-hybridized carbons (Fsp3) is 0.500. The summed E-state index contributed by atoms with van der Waals surface area (Å²) in [6.07, 6.45) is 0.591. The first kappa shape index (κ1) is 12.7. The minimum Gasteiger partial charge on any atom is -0.464 e. The Morgan fingerprint density at radius 3 is 2.80 bits per heavy atom. The number of hydrogen-bond donors (Lipinski definition) is 1. The van der Waals surface area contributed by atoms with E-state index < -0.39 is 5.97 Å². The largest absolute Gasteiger partial charge is 0.464 e. The molecule has 5 nitrogen and oxygen atoms in total. The molecule has 0 fully saturated rings. The second-order valence-electron chi connectivity index (χ2n) is 2.74. The first-order valence-corrected chi connectivity index (χ1v) is 5.81. The number of ether oxygens (including phenoxy) is 1. The van der Waals surface area contributed by atoms with Crippen LogP contribution in [0.3, 0.4) is 0 Å². The summed E-state index contributed by atoms with van der Waals surface area (Å²) >= 11 is 6.49. The lowest BCUT2D eigenvalue weighted by Gasteiger charge is -2.03. The van der Waals surface area contributed by atoms with Crippen LogP contribution < -0.4 is 0 Å². The lowest BCUT2D eigenvalue weighted by Crippen LogP contribution is -2.04. The van der Waals surface area contributed by atoms with Gasteiger partial charge in [0.1, 0.15) is 4.60 Å². The minimum atomic E-state index is -0.495. The van der Waals surface area contributed by atoms with Crippen molar-refractivity contribution in [1.29, 1.82) is 0 Å². The monoisotopic (exact) mass is 340 g/mol. The maximum Gasteiger partial charge on any atom is 0.359 e. The second-order valence-corrected chi connectivity index (χ2v) is 4.20. The van der Waals surface area contributed by atoms with Gasteiger partial charge in [-0.2, -0.15) is 0 Å². The van der Waals surface area contributed by atoms with Gasteiger partial charge in [0.05, 0.1) is 7.11 Å². The van der Waals surface area contributed by atoms with E-state index in [4.69, 9.17) is 5.11 Å². The molecule has 0 atom stereocenters. The average Bonchev–Trinajstić information content (AvgIpc) is 2.51. The zero-order chi connectivity index (χ0) is 11.4. The number of aromatic nitrogens is 2. The Bertz CT molecular complexity index is 365. The Kier molecular flexibility index (Phi) is 4.75. The van der Waals surface area contributed by atoms with Crippen molar-refractivity contribution in [3.8, 4) is 0 Å². The van der Waals surface area contributed by atoms with Gasteiger partial charge < -0.3 is 14.4 Å². The van der Waals surface area contributed by atoms with E-state index in [0.717, 1.165) is 0 Å². The molecule has 0 aliphatic heterocycles. The van der Waals surface area contributed by atoms with Gasteiger partial charge in [-0.1, -0.05) is 0 Å². The Hall–Kier alpha value is -0.400. The summed E-state index contributed by atoms with van der Waals surface area (Å²) in [5.74, 6) is -0.495. The molecule has 0 spiro atoms. The molecule has 1 heterocycles.